The zero-order chi connectivity index (χ0) is 22.2. The highest BCUT2D eigenvalue weighted by molar-refractivity contribution is 5.94. The minimum Gasteiger partial charge on any atom is -0.497 e. The summed E-state index contributed by atoms with van der Waals surface area (Å²) in [5.74, 6) is 2.32. The van der Waals surface area contributed by atoms with Crippen LogP contribution < -0.4 is 14.8 Å². The average Bonchev–Trinajstić information content (AvgIpc) is 3.38. The number of fused-ring (bicyclic) bond motifs is 2. The lowest BCUT2D eigenvalue weighted by molar-refractivity contribution is 0.0958. The maximum atomic E-state index is 11.8. The summed E-state index contributed by atoms with van der Waals surface area (Å²) < 4.78 is 13.3. The van der Waals surface area contributed by atoms with E-state index in [2.05, 4.69) is 20.5 Å². The van der Waals surface area contributed by atoms with Gasteiger partial charge in [-0.25, -0.2) is 4.98 Å². The van der Waals surface area contributed by atoms with Gasteiger partial charge in [-0.15, -0.1) is 0 Å². The van der Waals surface area contributed by atoms with E-state index in [4.69, 9.17) is 14.5 Å². The van der Waals surface area contributed by atoms with Gasteiger partial charge in [-0.3, -0.25) is 14.9 Å². The monoisotopic (exact) mass is 428 g/mol. The third-order valence-electron chi connectivity index (χ3n) is 5.26. The first-order valence-electron chi connectivity index (χ1n) is 9.92. The second-order valence-corrected chi connectivity index (χ2v) is 7.19. The van der Waals surface area contributed by atoms with Crippen molar-refractivity contribution in [3.05, 3.63) is 60.4 Å². The summed E-state index contributed by atoms with van der Waals surface area (Å²) in [6, 6.07) is 14.7. The van der Waals surface area contributed by atoms with Crippen molar-refractivity contribution in [3.63, 3.8) is 0 Å². The Morgan fingerprint density at radius 1 is 1.06 bits per heavy atom. The van der Waals surface area contributed by atoms with Crippen LogP contribution in [-0.2, 0) is 7.05 Å². The van der Waals surface area contributed by atoms with E-state index in [9.17, 15) is 4.79 Å². The molecule has 1 amide bonds. The van der Waals surface area contributed by atoms with Crippen LogP contribution in [-0.4, -0.2) is 44.8 Å². The number of pyridine rings is 1. The van der Waals surface area contributed by atoms with Gasteiger partial charge in [0.2, 0.25) is 0 Å². The maximum Gasteiger partial charge on any atom is 0.269 e. The number of aryl methyl sites for hydroxylation is 1. The van der Waals surface area contributed by atoms with Gasteiger partial charge in [0.15, 0.2) is 5.82 Å². The molecule has 3 heterocycles. The lowest BCUT2D eigenvalue weighted by atomic mass is 10.2. The van der Waals surface area contributed by atoms with Crippen molar-refractivity contribution < 1.29 is 14.3 Å². The van der Waals surface area contributed by atoms with Crippen molar-refractivity contribution in [2.45, 2.75) is 0 Å². The Morgan fingerprint density at radius 3 is 2.69 bits per heavy atom. The number of hydrogen-bond donors (Lipinski definition) is 2. The predicted octanol–water partition coefficient (Wildman–Crippen LogP) is 3.67. The van der Waals surface area contributed by atoms with Gasteiger partial charge in [0.25, 0.3) is 5.91 Å². The van der Waals surface area contributed by atoms with Crippen LogP contribution in [0.5, 0.6) is 17.2 Å². The summed E-state index contributed by atoms with van der Waals surface area (Å²) in [5.41, 5.74) is 3.63. The number of carbonyl (C=O) groups excluding carboxylic acids is 1. The molecular formula is C23H20N6O3. The van der Waals surface area contributed by atoms with Crippen molar-refractivity contribution in [1.29, 1.82) is 0 Å². The summed E-state index contributed by atoms with van der Waals surface area (Å²) >= 11 is 0. The highest BCUT2D eigenvalue weighted by atomic mass is 16.5. The normalized spacial score (nSPS) is 11.1. The number of aromatic amines is 1. The zero-order valence-electron chi connectivity index (χ0n) is 17.7. The maximum absolute atomic E-state index is 11.8. The van der Waals surface area contributed by atoms with Gasteiger partial charge in [-0.2, -0.15) is 5.10 Å². The minimum atomic E-state index is -0.275. The molecule has 0 saturated carbocycles. The molecule has 0 spiro atoms. The molecule has 9 heteroatoms. The van der Waals surface area contributed by atoms with Gasteiger partial charge < -0.3 is 19.4 Å². The quantitative estimate of drug-likeness (QED) is 0.442. The zero-order valence-corrected chi connectivity index (χ0v) is 17.7. The van der Waals surface area contributed by atoms with E-state index >= 15 is 0 Å². The Balaban J connectivity index is 1.52. The van der Waals surface area contributed by atoms with Crippen molar-refractivity contribution in [2.75, 3.05) is 14.2 Å². The molecule has 0 fully saturated rings. The number of ether oxygens (including phenoxy) is 2. The molecule has 0 radical (unpaired) electrons. The van der Waals surface area contributed by atoms with Crippen molar-refractivity contribution in [1.82, 2.24) is 30.0 Å². The van der Waals surface area contributed by atoms with Crippen LogP contribution in [0.1, 0.15) is 10.5 Å². The van der Waals surface area contributed by atoms with E-state index in [1.807, 2.05) is 48.0 Å². The van der Waals surface area contributed by atoms with Gasteiger partial charge in [-0.05, 0) is 36.4 Å². The minimum absolute atomic E-state index is 0.275. The fraction of sp³-hybridized carbons (Fsp3) is 0.130. The molecule has 5 aromatic rings. The van der Waals surface area contributed by atoms with E-state index in [0.717, 1.165) is 39.2 Å². The van der Waals surface area contributed by atoms with Crippen molar-refractivity contribution in [3.8, 4) is 28.8 Å². The van der Waals surface area contributed by atoms with Gasteiger partial charge in [0.05, 0.1) is 23.7 Å². The number of amides is 1. The number of nitrogens with one attached hydrogen (secondary N) is 2. The van der Waals surface area contributed by atoms with Crippen molar-refractivity contribution >= 4 is 27.8 Å². The molecular weight excluding hydrogens is 408 g/mol. The highest BCUT2D eigenvalue weighted by Crippen LogP contribution is 2.32. The van der Waals surface area contributed by atoms with E-state index in [0.29, 0.717) is 11.5 Å². The van der Waals surface area contributed by atoms with Crippen LogP contribution in [0.15, 0.2) is 54.7 Å². The third-order valence-corrected chi connectivity index (χ3v) is 5.26. The van der Waals surface area contributed by atoms with Crippen molar-refractivity contribution in [2.24, 2.45) is 7.05 Å². The molecule has 0 aliphatic rings. The molecule has 0 atom stereocenters. The first-order chi connectivity index (χ1) is 15.6. The number of carbonyl (C=O) groups is 1. The SMILES string of the molecule is CNC(=O)c1cc(Oc2ccc3c(c2)nc(-c2n[nH]c4ccc(OC)cc24)n3C)ccn1. The van der Waals surface area contributed by atoms with E-state index in [1.54, 1.807) is 26.3 Å². The molecule has 3 aromatic heterocycles. The average molecular weight is 428 g/mol. The second kappa shape index (κ2) is 7.69. The number of benzene rings is 2. The van der Waals surface area contributed by atoms with Crippen LogP contribution in [0.2, 0.25) is 0 Å². The Bertz CT molecular complexity index is 1470. The molecule has 0 unspecified atom stereocenters. The Morgan fingerprint density at radius 2 is 1.88 bits per heavy atom. The largest absolute Gasteiger partial charge is 0.497 e. The number of aromatic nitrogens is 5. The Kier molecular flexibility index (Phi) is 4.70. The van der Waals surface area contributed by atoms with Gasteiger partial charge in [-0.1, -0.05) is 0 Å². The number of nitrogens with zero attached hydrogens (tertiary/aromatic N) is 4. The molecule has 160 valence electrons. The molecule has 32 heavy (non-hydrogen) atoms. The molecule has 5 rings (SSSR count). The number of H-pyrrole nitrogens is 1. The smallest absolute Gasteiger partial charge is 0.269 e. The first-order valence-corrected chi connectivity index (χ1v) is 9.92. The molecule has 0 aliphatic heterocycles. The fourth-order valence-electron chi connectivity index (χ4n) is 3.61. The number of rotatable bonds is 5. The van der Waals surface area contributed by atoms with E-state index in [-0.39, 0.29) is 11.6 Å². The molecule has 0 bridgehead atoms. The van der Waals surface area contributed by atoms with Crippen LogP contribution in [0.25, 0.3) is 33.5 Å². The van der Waals surface area contributed by atoms with Crippen LogP contribution in [0, 0.1) is 0 Å². The van der Waals surface area contributed by atoms with E-state index in [1.165, 1.54) is 6.20 Å². The van der Waals surface area contributed by atoms with Crippen LogP contribution in [0.3, 0.4) is 0 Å². The van der Waals surface area contributed by atoms with Crippen LogP contribution in [0.4, 0.5) is 0 Å². The standard InChI is InChI=1S/C23H20N6O3/c1-24-23(30)19-12-15(8-9-25-19)32-14-5-7-20-18(11-14)26-22(29(20)2)21-16-10-13(31-3)4-6-17(16)27-28-21/h4-12H,1-3H3,(H,24,30)(H,27,28). The third kappa shape index (κ3) is 3.29. The summed E-state index contributed by atoms with van der Waals surface area (Å²) in [4.78, 5) is 20.7. The van der Waals surface area contributed by atoms with Gasteiger partial charge >= 0.3 is 0 Å². The Hall–Kier alpha value is -4.40. The first kappa shape index (κ1) is 19.6. The number of hydrogen-bond acceptors (Lipinski definition) is 6. The highest BCUT2D eigenvalue weighted by Gasteiger charge is 2.17. The summed E-state index contributed by atoms with van der Waals surface area (Å²) in [7, 11) is 5.14. The van der Waals surface area contributed by atoms with E-state index < -0.39 is 0 Å². The molecule has 9 nitrogen and oxygen atoms in total. The van der Waals surface area contributed by atoms with Gasteiger partial charge in [0.1, 0.15) is 28.6 Å². The van der Waals surface area contributed by atoms with Gasteiger partial charge in [0, 0.05) is 37.8 Å². The summed E-state index contributed by atoms with van der Waals surface area (Å²) in [6.45, 7) is 0. The molecule has 0 saturated heterocycles. The summed E-state index contributed by atoms with van der Waals surface area (Å²) in [5, 5.41) is 11.0. The number of methoxy groups -OCH3 is 1. The number of imidazole rings is 1. The molecule has 2 N–H and O–H groups in total. The summed E-state index contributed by atoms with van der Waals surface area (Å²) in [6.07, 6.45) is 1.54. The second-order valence-electron chi connectivity index (χ2n) is 7.19. The lowest BCUT2D eigenvalue weighted by Crippen LogP contribution is -2.18. The Labute approximate surface area is 183 Å². The lowest BCUT2D eigenvalue weighted by Gasteiger charge is -2.07. The fourth-order valence-corrected chi connectivity index (χ4v) is 3.61. The molecule has 2 aromatic carbocycles. The topological polar surface area (TPSA) is 107 Å². The van der Waals surface area contributed by atoms with Crippen LogP contribution >= 0.6 is 0 Å². The molecule has 0 aliphatic carbocycles. The predicted molar refractivity (Wildman–Crippen MR) is 120 cm³/mol.